The molecule has 0 radical (unpaired) electrons. The number of nitrogens with zero attached hydrogens (tertiary/aromatic N) is 1. The van der Waals surface area contributed by atoms with Crippen LogP contribution in [0.1, 0.15) is 39.1 Å². The lowest BCUT2D eigenvalue weighted by atomic mass is 10.1. The molecule has 0 atom stereocenters. The van der Waals surface area contributed by atoms with E-state index in [4.69, 9.17) is 0 Å². The molecule has 3 rings (SSSR count). The summed E-state index contributed by atoms with van der Waals surface area (Å²) in [5.41, 5.74) is 1.67. The fourth-order valence-corrected chi connectivity index (χ4v) is 2.62. The van der Waals surface area contributed by atoms with Crippen LogP contribution in [0.25, 0.3) is 0 Å². The van der Waals surface area contributed by atoms with Crippen molar-refractivity contribution in [3.05, 3.63) is 71.0 Å². The molecule has 2 aromatic rings. The van der Waals surface area contributed by atoms with Crippen molar-refractivity contribution < 1.29 is 18.7 Å². The van der Waals surface area contributed by atoms with Gasteiger partial charge < -0.3 is 9.64 Å². The third-order valence-electron chi connectivity index (χ3n) is 4.04. The number of rotatable bonds is 5. The number of carbonyl (C=O) groups excluding carboxylic acids is 2. The van der Waals surface area contributed by atoms with Crippen LogP contribution in [0.5, 0.6) is 0 Å². The van der Waals surface area contributed by atoms with Gasteiger partial charge in [-0.1, -0.05) is 12.1 Å². The molecule has 2 aromatic carbocycles. The molecule has 124 valence electrons. The van der Waals surface area contributed by atoms with Crippen molar-refractivity contribution >= 4 is 11.9 Å². The second-order valence-corrected chi connectivity index (χ2v) is 5.86. The summed E-state index contributed by atoms with van der Waals surface area (Å²) in [7, 11) is 1.31. The van der Waals surface area contributed by atoms with Crippen LogP contribution in [0, 0.1) is 5.82 Å². The van der Waals surface area contributed by atoms with Gasteiger partial charge in [-0.05, 0) is 54.8 Å². The SMILES string of the molecule is COC(=O)c1ccc(C(=O)N(Cc2cccc(F)c2)C2CC2)cc1. The number of ether oxygens (including phenoxy) is 1. The molecule has 1 aliphatic rings. The van der Waals surface area contributed by atoms with Gasteiger partial charge in [-0.15, -0.1) is 0 Å². The predicted octanol–water partition coefficient (Wildman–Crippen LogP) is 3.42. The van der Waals surface area contributed by atoms with Crippen LogP contribution < -0.4 is 0 Å². The molecule has 0 N–H and O–H groups in total. The van der Waals surface area contributed by atoms with E-state index >= 15 is 0 Å². The molecule has 24 heavy (non-hydrogen) atoms. The summed E-state index contributed by atoms with van der Waals surface area (Å²) in [4.78, 5) is 26.0. The molecule has 0 aliphatic heterocycles. The smallest absolute Gasteiger partial charge is 0.337 e. The van der Waals surface area contributed by atoms with E-state index in [-0.39, 0.29) is 17.8 Å². The average Bonchev–Trinajstić information content (AvgIpc) is 3.43. The van der Waals surface area contributed by atoms with Crippen LogP contribution in [-0.4, -0.2) is 29.9 Å². The Morgan fingerprint density at radius 2 is 1.79 bits per heavy atom. The van der Waals surface area contributed by atoms with Gasteiger partial charge >= 0.3 is 5.97 Å². The van der Waals surface area contributed by atoms with Crippen LogP contribution >= 0.6 is 0 Å². The number of carbonyl (C=O) groups is 2. The van der Waals surface area contributed by atoms with Gasteiger partial charge in [-0.25, -0.2) is 9.18 Å². The number of hydrogen-bond acceptors (Lipinski definition) is 3. The van der Waals surface area contributed by atoms with E-state index in [0.29, 0.717) is 17.7 Å². The molecule has 1 aliphatic carbocycles. The van der Waals surface area contributed by atoms with E-state index < -0.39 is 5.97 Å². The highest BCUT2D eigenvalue weighted by molar-refractivity contribution is 5.96. The summed E-state index contributed by atoms with van der Waals surface area (Å²) in [5.74, 6) is -0.857. The van der Waals surface area contributed by atoms with Gasteiger partial charge in [0.05, 0.1) is 12.7 Å². The Morgan fingerprint density at radius 1 is 1.12 bits per heavy atom. The summed E-state index contributed by atoms with van der Waals surface area (Å²) in [5, 5.41) is 0. The van der Waals surface area contributed by atoms with Gasteiger partial charge in [0.15, 0.2) is 0 Å². The Balaban J connectivity index is 1.78. The Morgan fingerprint density at radius 3 is 2.38 bits per heavy atom. The Hall–Kier alpha value is -2.69. The van der Waals surface area contributed by atoms with E-state index in [0.717, 1.165) is 18.4 Å². The maximum Gasteiger partial charge on any atom is 0.337 e. The van der Waals surface area contributed by atoms with Crippen molar-refractivity contribution in [3.63, 3.8) is 0 Å². The van der Waals surface area contributed by atoms with Gasteiger partial charge in [-0.3, -0.25) is 4.79 Å². The van der Waals surface area contributed by atoms with Crippen LogP contribution in [0.4, 0.5) is 4.39 Å². The minimum atomic E-state index is -0.437. The monoisotopic (exact) mass is 327 g/mol. The van der Waals surface area contributed by atoms with Gasteiger partial charge in [0, 0.05) is 18.2 Å². The minimum Gasteiger partial charge on any atom is -0.465 e. The molecular formula is C19H18FNO3. The summed E-state index contributed by atoms with van der Waals surface area (Å²) >= 11 is 0. The number of hydrogen-bond donors (Lipinski definition) is 0. The largest absolute Gasteiger partial charge is 0.465 e. The zero-order valence-electron chi connectivity index (χ0n) is 13.4. The van der Waals surface area contributed by atoms with E-state index in [9.17, 15) is 14.0 Å². The lowest BCUT2D eigenvalue weighted by Gasteiger charge is -2.23. The summed E-state index contributed by atoms with van der Waals surface area (Å²) < 4.78 is 18.0. The number of esters is 1. The fourth-order valence-electron chi connectivity index (χ4n) is 2.62. The number of benzene rings is 2. The van der Waals surface area contributed by atoms with Crippen molar-refractivity contribution in [2.75, 3.05) is 7.11 Å². The summed E-state index contributed by atoms with van der Waals surface area (Å²) in [6, 6.07) is 12.9. The van der Waals surface area contributed by atoms with Crippen molar-refractivity contribution in [3.8, 4) is 0 Å². The molecule has 1 amide bonds. The fraction of sp³-hybridized carbons (Fsp3) is 0.263. The molecule has 0 heterocycles. The molecule has 0 aromatic heterocycles. The normalized spacial score (nSPS) is 13.4. The minimum absolute atomic E-state index is 0.113. The van der Waals surface area contributed by atoms with Crippen LogP contribution in [0.2, 0.25) is 0 Å². The van der Waals surface area contributed by atoms with E-state index in [1.807, 2.05) is 6.07 Å². The number of methoxy groups -OCH3 is 1. The molecule has 0 unspecified atom stereocenters. The second kappa shape index (κ2) is 6.83. The number of halogens is 1. The summed E-state index contributed by atoms with van der Waals surface area (Å²) in [6.07, 6.45) is 1.92. The van der Waals surface area contributed by atoms with E-state index in [1.54, 1.807) is 35.2 Å². The van der Waals surface area contributed by atoms with E-state index in [2.05, 4.69) is 4.74 Å². The highest BCUT2D eigenvalue weighted by atomic mass is 19.1. The lowest BCUT2D eigenvalue weighted by molar-refractivity contribution is 0.0599. The third-order valence-corrected chi connectivity index (χ3v) is 4.04. The molecule has 1 saturated carbocycles. The summed E-state index contributed by atoms with van der Waals surface area (Å²) in [6.45, 7) is 0.375. The molecule has 4 nitrogen and oxygen atoms in total. The highest BCUT2D eigenvalue weighted by Crippen LogP contribution is 2.30. The van der Waals surface area contributed by atoms with E-state index in [1.165, 1.54) is 19.2 Å². The van der Waals surface area contributed by atoms with Crippen molar-refractivity contribution in [2.24, 2.45) is 0 Å². The molecule has 0 spiro atoms. The first kappa shape index (κ1) is 16.2. The standard InChI is InChI=1S/C19H18FNO3/c1-24-19(23)15-7-5-14(6-8-15)18(22)21(17-9-10-17)12-13-3-2-4-16(20)11-13/h2-8,11,17H,9-10,12H2,1H3. The van der Waals surface area contributed by atoms with Gasteiger partial charge in [0.2, 0.25) is 0 Å². The molecule has 1 fully saturated rings. The lowest BCUT2D eigenvalue weighted by Crippen LogP contribution is -2.32. The molecule has 0 bridgehead atoms. The molecular weight excluding hydrogens is 309 g/mol. The van der Waals surface area contributed by atoms with Crippen LogP contribution in [0.3, 0.4) is 0 Å². The van der Waals surface area contributed by atoms with Gasteiger partial charge in [0.25, 0.3) is 5.91 Å². The maximum atomic E-state index is 13.4. The predicted molar refractivity (Wildman–Crippen MR) is 87.1 cm³/mol. The van der Waals surface area contributed by atoms with Gasteiger partial charge in [0.1, 0.15) is 5.82 Å². The van der Waals surface area contributed by atoms with Crippen molar-refractivity contribution in [1.82, 2.24) is 4.90 Å². The first-order valence-electron chi connectivity index (χ1n) is 7.82. The molecule has 0 saturated heterocycles. The third kappa shape index (κ3) is 3.62. The van der Waals surface area contributed by atoms with Crippen LogP contribution in [-0.2, 0) is 11.3 Å². The van der Waals surface area contributed by atoms with Crippen molar-refractivity contribution in [1.29, 1.82) is 0 Å². The second-order valence-electron chi connectivity index (χ2n) is 5.86. The quantitative estimate of drug-likeness (QED) is 0.791. The highest BCUT2D eigenvalue weighted by Gasteiger charge is 2.33. The zero-order chi connectivity index (χ0) is 17.1. The average molecular weight is 327 g/mol. The maximum absolute atomic E-state index is 13.4. The first-order valence-corrected chi connectivity index (χ1v) is 7.82. The van der Waals surface area contributed by atoms with Gasteiger partial charge in [-0.2, -0.15) is 0 Å². The first-order chi connectivity index (χ1) is 11.6. The topological polar surface area (TPSA) is 46.6 Å². The molecule has 5 heteroatoms. The Kier molecular flexibility index (Phi) is 4.60. The number of amides is 1. The van der Waals surface area contributed by atoms with Crippen molar-refractivity contribution in [2.45, 2.75) is 25.4 Å². The zero-order valence-corrected chi connectivity index (χ0v) is 13.4. The Labute approximate surface area is 139 Å². The van der Waals surface area contributed by atoms with Crippen LogP contribution in [0.15, 0.2) is 48.5 Å². The Bertz CT molecular complexity index is 753.